The summed E-state index contributed by atoms with van der Waals surface area (Å²) in [5.74, 6) is 0.895. The number of aryl methyl sites for hydroxylation is 1. The number of ether oxygens (including phenoxy) is 1. The number of thiazole rings is 1. The second-order valence-electron chi connectivity index (χ2n) is 4.98. The third-order valence-corrected chi connectivity index (χ3v) is 4.23. The van der Waals surface area contributed by atoms with Gasteiger partial charge in [-0.3, -0.25) is 4.40 Å². The van der Waals surface area contributed by atoms with Gasteiger partial charge in [0.25, 0.3) is 0 Å². The Morgan fingerprint density at radius 3 is 2.71 bits per heavy atom. The summed E-state index contributed by atoms with van der Waals surface area (Å²) in [7, 11) is 0. The Hall–Kier alpha value is -1.85. The number of imidazole rings is 1. The summed E-state index contributed by atoms with van der Waals surface area (Å²) >= 11 is 1.68. The van der Waals surface area contributed by atoms with Gasteiger partial charge >= 0.3 is 0 Å². The van der Waals surface area contributed by atoms with E-state index in [0.29, 0.717) is 6.54 Å². The molecule has 0 saturated carbocycles. The van der Waals surface area contributed by atoms with Gasteiger partial charge < -0.3 is 10.5 Å². The number of nitrogens with zero attached hydrogens (tertiary/aromatic N) is 2. The molecule has 110 valence electrons. The topological polar surface area (TPSA) is 52.5 Å². The molecule has 0 spiro atoms. The van der Waals surface area contributed by atoms with Gasteiger partial charge in [-0.15, -0.1) is 11.3 Å². The van der Waals surface area contributed by atoms with E-state index in [1.54, 1.807) is 11.3 Å². The van der Waals surface area contributed by atoms with Gasteiger partial charge in [0, 0.05) is 23.2 Å². The van der Waals surface area contributed by atoms with Crippen molar-refractivity contribution in [3.63, 3.8) is 0 Å². The smallest absolute Gasteiger partial charge is 0.194 e. The summed E-state index contributed by atoms with van der Waals surface area (Å²) in [5.41, 5.74) is 9.02. The molecule has 2 heterocycles. The molecule has 2 aromatic heterocycles. The van der Waals surface area contributed by atoms with Crippen LogP contribution >= 0.6 is 11.3 Å². The van der Waals surface area contributed by atoms with Crippen LogP contribution in [0.2, 0.25) is 0 Å². The summed E-state index contributed by atoms with van der Waals surface area (Å²) in [4.78, 5) is 6.96. The molecule has 21 heavy (non-hydrogen) atoms. The van der Waals surface area contributed by atoms with Crippen LogP contribution in [-0.4, -0.2) is 16.0 Å². The average Bonchev–Trinajstić information content (AvgIpc) is 3.01. The Balaban J connectivity index is 1.97. The normalized spacial score (nSPS) is 11.2. The standard InChI is InChI=1S/C16H19N3OS/c1-3-8-20-13-6-4-12(5-7-13)15-14(9-17)19-10-11(2)21-16(19)18-15/h4-7,10H,3,8-9,17H2,1-2H3. The lowest BCUT2D eigenvalue weighted by Gasteiger charge is -2.06. The molecule has 1 aromatic carbocycles. The SMILES string of the molecule is CCCOc1ccc(-c2nc3sc(C)cn3c2CN)cc1. The minimum atomic E-state index is 0.473. The van der Waals surface area contributed by atoms with Crippen LogP contribution in [0.3, 0.4) is 0 Å². The average molecular weight is 301 g/mol. The Morgan fingerprint density at radius 1 is 1.29 bits per heavy atom. The van der Waals surface area contributed by atoms with Crippen molar-refractivity contribution in [1.29, 1.82) is 0 Å². The molecule has 0 bridgehead atoms. The monoisotopic (exact) mass is 301 g/mol. The molecule has 3 rings (SSSR count). The Bertz CT molecular complexity index is 743. The maximum absolute atomic E-state index is 5.92. The third-order valence-electron chi connectivity index (χ3n) is 3.33. The summed E-state index contributed by atoms with van der Waals surface area (Å²) in [6.45, 7) is 5.40. The van der Waals surface area contributed by atoms with Gasteiger partial charge in [-0.1, -0.05) is 6.92 Å². The summed E-state index contributed by atoms with van der Waals surface area (Å²) < 4.78 is 7.71. The van der Waals surface area contributed by atoms with Crippen molar-refractivity contribution in [3.8, 4) is 17.0 Å². The first-order valence-corrected chi connectivity index (χ1v) is 7.95. The number of hydrogen-bond acceptors (Lipinski definition) is 4. The van der Waals surface area contributed by atoms with Crippen LogP contribution in [0, 0.1) is 6.92 Å². The number of aromatic nitrogens is 2. The van der Waals surface area contributed by atoms with E-state index in [1.165, 1.54) is 4.88 Å². The zero-order valence-corrected chi connectivity index (χ0v) is 13.1. The second-order valence-corrected chi connectivity index (χ2v) is 6.19. The first-order chi connectivity index (χ1) is 10.2. The van der Waals surface area contributed by atoms with Gasteiger partial charge in [-0.25, -0.2) is 4.98 Å². The van der Waals surface area contributed by atoms with Gasteiger partial charge in [0.05, 0.1) is 18.0 Å². The predicted molar refractivity (Wildman–Crippen MR) is 86.9 cm³/mol. The van der Waals surface area contributed by atoms with E-state index in [-0.39, 0.29) is 0 Å². The van der Waals surface area contributed by atoms with Crippen molar-refractivity contribution in [3.05, 3.63) is 41.0 Å². The fourth-order valence-electron chi connectivity index (χ4n) is 2.36. The third kappa shape index (κ3) is 2.66. The molecule has 0 saturated heterocycles. The highest BCUT2D eigenvalue weighted by Gasteiger charge is 2.14. The van der Waals surface area contributed by atoms with Gasteiger partial charge in [0.15, 0.2) is 4.96 Å². The van der Waals surface area contributed by atoms with E-state index < -0.39 is 0 Å². The fourth-order valence-corrected chi connectivity index (χ4v) is 3.20. The lowest BCUT2D eigenvalue weighted by Crippen LogP contribution is -2.01. The van der Waals surface area contributed by atoms with Crippen molar-refractivity contribution in [2.75, 3.05) is 6.61 Å². The molecule has 0 aliphatic rings. The highest BCUT2D eigenvalue weighted by molar-refractivity contribution is 7.17. The zero-order chi connectivity index (χ0) is 14.8. The van der Waals surface area contributed by atoms with Crippen LogP contribution in [0.5, 0.6) is 5.75 Å². The van der Waals surface area contributed by atoms with E-state index >= 15 is 0 Å². The minimum Gasteiger partial charge on any atom is -0.494 e. The number of fused-ring (bicyclic) bond motifs is 1. The summed E-state index contributed by atoms with van der Waals surface area (Å²) in [6, 6.07) is 8.07. The van der Waals surface area contributed by atoms with Crippen LogP contribution in [0.25, 0.3) is 16.2 Å². The van der Waals surface area contributed by atoms with E-state index in [1.807, 2.05) is 24.3 Å². The highest BCUT2D eigenvalue weighted by atomic mass is 32.1. The number of hydrogen-bond donors (Lipinski definition) is 1. The first-order valence-electron chi connectivity index (χ1n) is 7.13. The van der Waals surface area contributed by atoms with Gasteiger partial charge in [-0.05, 0) is 37.6 Å². The van der Waals surface area contributed by atoms with Gasteiger partial charge in [-0.2, -0.15) is 0 Å². The van der Waals surface area contributed by atoms with E-state index in [0.717, 1.165) is 40.7 Å². The molecule has 0 aliphatic heterocycles. The number of rotatable bonds is 5. The molecular weight excluding hydrogens is 282 g/mol. The number of benzene rings is 1. The fraction of sp³-hybridized carbons (Fsp3) is 0.312. The Morgan fingerprint density at radius 2 is 2.05 bits per heavy atom. The van der Waals surface area contributed by atoms with E-state index in [4.69, 9.17) is 15.5 Å². The van der Waals surface area contributed by atoms with Crippen molar-refractivity contribution in [2.24, 2.45) is 5.73 Å². The van der Waals surface area contributed by atoms with Crippen LogP contribution in [0.4, 0.5) is 0 Å². The summed E-state index contributed by atoms with van der Waals surface area (Å²) in [5, 5.41) is 0. The van der Waals surface area contributed by atoms with Crippen LogP contribution in [-0.2, 0) is 6.54 Å². The zero-order valence-electron chi connectivity index (χ0n) is 12.3. The molecule has 0 amide bonds. The molecule has 0 fully saturated rings. The predicted octanol–water partition coefficient (Wildman–Crippen LogP) is 3.62. The molecule has 0 aliphatic carbocycles. The summed E-state index contributed by atoms with van der Waals surface area (Å²) in [6.07, 6.45) is 3.10. The lowest BCUT2D eigenvalue weighted by atomic mass is 10.1. The molecule has 5 heteroatoms. The minimum absolute atomic E-state index is 0.473. The van der Waals surface area contributed by atoms with Gasteiger partial charge in [0.2, 0.25) is 0 Å². The molecule has 2 N–H and O–H groups in total. The van der Waals surface area contributed by atoms with E-state index in [9.17, 15) is 0 Å². The number of nitrogens with two attached hydrogens (primary N) is 1. The quantitative estimate of drug-likeness (QED) is 0.783. The molecule has 0 atom stereocenters. The molecule has 0 unspecified atom stereocenters. The Labute approximate surface area is 128 Å². The Kier molecular flexibility index (Phi) is 3.94. The molecule has 4 nitrogen and oxygen atoms in total. The van der Waals surface area contributed by atoms with Crippen LogP contribution in [0.15, 0.2) is 30.5 Å². The van der Waals surface area contributed by atoms with Crippen molar-refractivity contribution in [1.82, 2.24) is 9.38 Å². The van der Waals surface area contributed by atoms with Crippen molar-refractivity contribution >= 4 is 16.3 Å². The second kappa shape index (κ2) is 5.87. The molecule has 3 aromatic rings. The lowest BCUT2D eigenvalue weighted by molar-refractivity contribution is 0.317. The largest absolute Gasteiger partial charge is 0.494 e. The van der Waals surface area contributed by atoms with Crippen molar-refractivity contribution in [2.45, 2.75) is 26.8 Å². The maximum Gasteiger partial charge on any atom is 0.194 e. The first kappa shape index (κ1) is 14.1. The van der Waals surface area contributed by atoms with E-state index in [2.05, 4.69) is 24.4 Å². The van der Waals surface area contributed by atoms with Crippen LogP contribution < -0.4 is 10.5 Å². The maximum atomic E-state index is 5.92. The van der Waals surface area contributed by atoms with Crippen molar-refractivity contribution < 1.29 is 4.74 Å². The molecule has 0 radical (unpaired) electrons. The highest BCUT2D eigenvalue weighted by Crippen LogP contribution is 2.29. The molecular formula is C16H19N3OS. The van der Waals surface area contributed by atoms with Gasteiger partial charge in [0.1, 0.15) is 5.75 Å². The van der Waals surface area contributed by atoms with Crippen LogP contribution in [0.1, 0.15) is 23.9 Å².